The van der Waals surface area contributed by atoms with Crippen LogP contribution in [0.5, 0.6) is 17.2 Å². The Labute approximate surface area is 228 Å². The molecule has 8 nitrogen and oxygen atoms in total. The number of hydrogen-bond donors (Lipinski definition) is 1. The Kier molecular flexibility index (Phi) is 10.7. The maximum absolute atomic E-state index is 13.6. The van der Waals surface area contributed by atoms with Gasteiger partial charge < -0.3 is 24.2 Å². The number of benzene rings is 1. The lowest BCUT2D eigenvalue weighted by atomic mass is 9.76. The largest absolute Gasteiger partial charge is 0.493 e. The van der Waals surface area contributed by atoms with E-state index in [1.54, 1.807) is 7.11 Å². The van der Waals surface area contributed by atoms with E-state index in [1.165, 1.54) is 0 Å². The molecule has 1 aromatic carbocycles. The number of nitrogens with zero attached hydrogens (tertiary/aromatic N) is 2. The van der Waals surface area contributed by atoms with Crippen LogP contribution in [0.25, 0.3) is 0 Å². The number of carboxylic acids is 1. The van der Waals surface area contributed by atoms with Gasteiger partial charge in [-0.3, -0.25) is 14.5 Å². The lowest BCUT2D eigenvalue weighted by Crippen LogP contribution is -2.46. The van der Waals surface area contributed by atoms with Crippen molar-refractivity contribution in [2.75, 3.05) is 40.1 Å². The Balaban J connectivity index is 1.96. The molecule has 3 atom stereocenters. The molecule has 1 N–H and O–H groups in total. The quantitative estimate of drug-likeness (QED) is 0.317. The number of likely N-dealkylation sites (tertiary alicyclic amines) is 1. The first kappa shape index (κ1) is 30.1. The second-order valence-electron chi connectivity index (χ2n) is 11.6. The summed E-state index contributed by atoms with van der Waals surface area (Å²) < 4.78 is 16.8. The molecular formula is C30H48N2O6. The van der Waals surface area contributed by atoms with Crippen LogP contribution in [0.4, 0.5) is 0 Å². The molecule has 2 aliphatic heterocycles. The SMILES string of the molecule is CCCCN(CCCC)C(=O)CN1CC(c2cc(OC)c3c(c2)OCO3)[C@H](C(=O)O)[C@H]1CC(C)(C)CCC. The Bertz CT molecular complexity index is 941. The fourth-order valence-corrected chi connectivity index (χ4v) is 6.13. The lowest BCUT2D eigenvalue weighted by Gasteiger charge is -2.35. The number of aliphatic carboxylic acids is 1. The first-order chi connectivity index (χ1) is 18.1. The van der Waals surface area contributed by atoms with Crippen molar-refractivity contribution in [3.63, 3.8) is 0 Å². The summed E-state index contributed by atoms with van der Waals surface area (Å²) in [4.78, 5) is 30.6. The highest BCUT2D eigenvalue weighted by atomic mass is 16.7. The molecule has 0 aliphatic carbocycles. The van der Waals surface area contributed by atoms with Crippen LogP contribution in [0.2, 0.25) is 0 Å². The molecule has 1 unspecified atom stereocenters. The van der Waals surface area contributed by atoms with Gasteiger partial charge in [-0.2, -0.15) is 0 Å². The molecular weight excluding hydrogens is 484 g/mol. The maximum atomic E-state index is 13.6. The van der Waals surface area contributed by atoms with Crippen molar-refractivity contribution in [1.29, 1.82) is 0 Å². The van der Waals surface area contributed by atoms with Crippen LogP contribution in [0.15, 0.2) is 12.1 Å². The fourth-order valence-electron chi connectivity index (χ4n) is 6.13. The van der Waals surface area contributed by atoms with Crippen LogP contribution in [-0.2, 0) is 9.59 Å². The molecule has 38 heavy (non-hydrogen) atoms. The number of hydrogen-bond acceptors (Lipinski definition) is 6. The first-order valence-corrected chi connectivity index (χ1v) is 14.4. The molecule has 1 amide bonds. The topological polar surface area (TPSA) is 88.5 Å². The molecule has 8 heteroatoms. The van der Waals surface area contributed by atoms with Crippen molar-refractivity contribution in [2.45, 2.75) is 91.5 Å². The molecule has 1 fully saturated rings. The number of carbonyl (C=O) groups excluding carboxylic acids is 1. The molecule has 0 aromatic heterocycles. The summed E-state index contributed by atoms with van der Waals surface area (Å²) in [5.41, 5.74) is 0.806. The molecule has 0 bridgehead atoms. The Morgan fingerprint density at radius 3 is 2.37 bits per heavy atom. The average Bonchev–Trinajstić information content (AvgIpc) is 3.48. The van der Waals surface area contributed by atoms with Crippen LogP contribution in [-0.4, -0.2) is 72.9 Å². The van der Waals surface area contributed by atoms with Gasteiger partial charge in [-0.15, -0.1) is 0 Å². The minimum atomic E-state index is -0.826. The van der Waals surface area contributed by atoms with Crippen molar-refractivity contribution in [3.05, 3.63) is 17.7 Å². The molecule has 2 aliphatic rings. The van der Waals surface area contributed by atoms with Gasteiger partial charge in [-0.1, -0.05) is 53.9 Å². The van der Waals surface area contributed by atoms with Crippen molar-refractivity contribution in [3.8, 4) is 17.2 Å². The number of methoxy groups -OCH3 is 1. The molecule has 0 radical (unpaired) electrons. The summed E-state index contributed by atoms with van der Waals surface area (Å²) >= 11 is 0. The van der Waals surface area contributed by atoms with Crippen LogP contribution in [0.3, 0.4) is 0 Å². The van der Waals surface area contributed by atoms with Gasteiger partial charge in [-0.05, 0) is 48.8 Å². The van der Waals surface area contributed by atoms with Gasteiger partial charge in [0.15, 0.2) is 11.5 Å². The van der Waals surface area contributed by atoms with E-state index in [4.69, 9.17) is 14.2 Å². The van der Waals surface area contributed by atoms with Crippen molar-refractivity contribution in [1.82, 2.24) is 9.80 Å². The van der Waals surface area contributed by atoms with Gasteiger partial charge in [0.2, 0.25) is 18.4 Å². The van der Waals surface area contributed by atoms with Crippen LogP contribution in [0, 0.1) is 11.3 Å². The van der Waals surface area contributed by atoms with Gasteiger partial charge in [0.25, 0.3) is 0 Å². The minimum absolute atomic E-state index is 0.0417. The standard InChI is InChI=1S/C30H48N2O6/c1-7-10-13-31(14-11-8-2)26(33)19-32-18-22(21-15-24(36-6)28-25(16-21)37-20-38-28)27(29(34)35)23(32)17-30(4,5)12-9-3/h15-16,22-23,27H,7-14,17-20H2,1-6H3,(H,34,35)/t22?,23-,27+/m1/s1. The van der Waals surface area contributed by atoms with Crippen molar-refractivity contribution < 1.29 is 28.9 Å². The molecule has 0 saturated carbocycles. The summed E-state index contributed by atoms with van der Waals surface area (Å²) in [5.74, 6) is -0.00940. The Morgan fingerprint density at radius 2 is 1.79 bits per heavy atom. The Morgan fingerprint density at radius 1 is 1.11 bits per heavy atom. The monoisotopic (exact) mass is 532 g/mol. The highest BCUT2D eigenvalue weighted by Crippen LogP contribution is 2.48. The van der Waals surface area contributed by atoms with Crippen LogP contribution < -0.4 is 14.2 Å². The summed E-state index contributed by atoms with van der Waals surface area (Å²) in [6.45, 7) is 13.2. The third-order valence-electron chi connectivity index (χ3n) is 8.08. The van der Waals surface area contributed by atoms with E-state index < -0.39 is 11.9 Å². The predicted molar refractivity (Wildman–Crippen MR) is 148 cm³/mol. The zero-order chi connectivity index (χ0) is 27.9. The summed E-state index contributed by atoms with van der Waals surface area (Å²) in [5, 5.41) is 10.5. The first-order valence-electron chi connectivity index (χ1n) is 14.4. The Hall–Kier alpha value is -2.48. The molecule has 0 spiro atoms. The van der Waals surface area contributed by atoms with Gasteiger partial charge in [0.1, 0.15) is 0 Å². The normalized spacial score (nSPS) is 21.1. The third kappa shape index (κ3) is 7.13. The average molecular weight is 533 g/mol. The summed E-state index contributed by atoms with van der Waals surface area (Å²) in [7, 11) is 1.58. The number of carboxylic acid groups (broad SMARTS) is 1. The highest BCUT2D eigenvalue weighted by Gasteiger charge is 2.49. The zero-order valence-electron chi connectivity index (χ0n) is 24.3. The number of carbonyl (C=O) groups is 2. The number of rotatable bonds is 15. The zero-order valence-corrected chi connectivity index (χ0v) is 24.3. The van der Waals surface area contributed by atoms with E-state index in [1.807, 2.05) is 17.0 Å². The number of fused-ring (bicyclic) bond motifs is 1. The summed E-state index contributed by atoms with van der Waals surface area (Å²) in [6.07, 6.45) is 6.75. The van der Waals surface area contributed by atoms with Gasteiger partial charge in [0.05, 0.1) is 19.6 Å². The minimum Gasteiger partial charge on any atom is -0.493 e. The second-order valence-corrected chi connectivity index (χ2v) is 11.6. The van der Waals surface area contributed by atoms with Crippen LogP contribution in [0.1, 0.15) is 91.0 Å². The lowest BCUT2D eigenvalue weighted by molar-refractivity contribution is -0.144. The van der Waals surface area contributed by atoms with E-state index in [0.29, 0.717) is 30.2 Å². The molecule has 214 valence electrons. The fraction of sp³-hybridized carbons (Fsp3) is 0.733. The predicted octanol–water partition coefficient (Wildman–Crippen LogP) is 5.54. The summed E-state index contributed by atoms with van der Waals surface area (Å²) in [6, 6.07) is 3.51. The second kappa shape index (κ2) is 13.5. The number of amides is 1. The molecule has 1 aromatic rings. The van der Waals surface area contributed by atoms with Crippen molar-refractivity contribution in [2.24, 2.45) is 11.3 Å². The van der Waals surface area contributed by atoms with Crippen molar-refractivity contribution >= 4 is 11.9 Å². The molecule has 1 saturated heterocycles. The maximum Gasteiger partial charge on any atom is 0.308 e. The highest BCUT2D eigenvalue weighted by molar-refractivity contribution is 5.79. The van der Waals surface area contributed by atoms with Gasteiger partial charge in [-0.25, -0.2) is 0 Å². The molecule has 2 heterocycles. The number of ether oxygens (including phenoxy) is 3. The van der Waals surface area contributed by atoms with Gasteiger partial charge in [0, 0.05) is 31.6 Å². The van der Waals surface area contributed by atoms with E-state index in [0.717, 1.165) is 57.2 Å². The van der Waals surface area contributed by atoms with E-state index >= 15 is 0 Å². The smallest absolute Gasteiger partial charge is 0.308 e. The van der Waals surface area contributed by atoms with E-state index in [9.17, 15) is 14.7 Å². The van der Waals surface area contributed by atoms with E-state index in [-0.39, 0.29) is 36.6 Å². The third-order valence-corrected chi connectivity index (χ3v) is 8.08. The molecule has 3 rings (SSSR count). The van der Waals surface area contributed by atoms with E-state index in [2.05, 4.69) is 39.5 Å². The van der Waals surface area contributed by atoms with Gasteiger partial charge >= 0.3 is 5.97 Å². The van der Waals surface area contributed by atoms with Crippen LogP contribution >= 0.6 is 0 Å². The number of unbranched alkanes of at least 4 members (excludes halogenated alkanes) is 2.